The molecule has 2 rings (SSSR count). The van der Waals surface area contributed by atoms with E-state index in [9.17, 15) is 0 Å². The molecule has 0 amide bonds. The monoisotopic (exact) mass is 255 g/mol. The normalized spacial score (nSPS) is 10.5. The van der Waals surface area contributed by atoms with Crippen LogP contribution in [-0.2, 0) is 6.54 Å². The lowest BCUT2D eigenvalue weighted by atomic mass is 9.98. The van der Waals surface area contributed by atoms with Crippen LogP contribution in [0, 0.1) is 6.92 Å². The minimum Gasteiger partial charge on any atom is -0.494 e. The molecular formula is C17H21NO. The van der Waals surface area contributed by atoms with Gasteiger partial charge < -0.3 is 10.1 Å². The van der Waals surface area contributed by atoms with E-state index in [1.165, 1.54) is 22.3 Å². The second-order valence-electron chi connectivity index (χ2n) is 4.64. The minimum atomic E-state index is 0.704. The molecule has 1 N–H and O–H groups in total. The predicted molar refractivity (Wildman–Crippen MR) is 80.5 cm³/mol. The van der Waals surface area contributed by atoms with Crippen LogP contribution in [0.4, 0.5) is 0 Å². The van der Waals surface area contributed by atoms with Gasteiger partial charge in [-0.15, -0.1) is 0 Å². The Morgan fingerprint density at radius 1 is 1.05 bits per heavy atom. The molecule has 100 valence electrons. The van der Waals surface area contributed by atoms with Gasteiger partial charge in [-0.2, -0.15) is 0 Å². The van der Waals surface area contributed by atoms with E-state index in [0.717, 1.165) is 12.3 Å². The van der Waals surface area contributed by atoms with Gasteiger partial charge in [0.15, 0.2) is 0 Å². The van der Waals surface area contributed by atoms with Crippen molar-refractivity contribution in [3.05, 3.63) is 53.6 Å². The zero-order valence-corrected chi connectivity index (χ0v) is 11.9. The molecule has 0 spiro atoms. The third kappa shape index (κ3) is 3.36. The van der Waals surface area contributed by atoms with E-state index in [-0.39, 0.29) is 0 Å². The molecular weight excluding hydrogens is 234 g/mol. The molecule has 19 heavy (non-hydrogen) atoms. The number of ether oxygens (including phenoxy) is 1. The van der Waals surface area contributed by atoms with Gasteiger partial charge in [-0.25, -0.2) is 0 Å². The summed E-state index contributed by atoms with van der Waals surface area (Å²) in [7, 11) is 1.97. The van der Waals surface area contributed by atoms with Crippen molar-refractivity contribution in [2.45, 2.75) is 20.4 Å². The molecule has 2 aromatic rings. The lowest BCUT2D eigenvalue weighted by molar-refractivity contribution is 0.340. The molecule has 0 aliphatic heterocycles. The molecule has 0 aliphatic rings. The summed E-state index contributed by atoms with van der Waals surface area (Å²) in [5.41, 5.74) is 5.12. The molecule has 0 bridgehead atoms. The van der Waals surface area contributed by atoms with Gasteiger partial charge in [0.25, 0.3) is 0 Å². The number of rotatable bonds is 5. The Balaban J connectivity index is 2.31. The van der Waals surface area contributed by atoms with Crippen LogP contribution in [0.2, 0.25) is 0 Å². The Bertz CT molecular complexity index is 531. The maximum atomic E-state index is 5.48. The quantitative estimate of drug-likeness (QED) is 0.878. The highest BCUT2D eigenvalue weighted by Gasteiger charge is 2.04. The van der Waals surface area contributed by atoms with Crippen molar-refractivity contribution in [2.75, 3.05) is 13.7 Å². The average molecular weight is 255 g/mol. The summed E-state index contributed by atoms with van der Waals surface area (Å²) in [5.74, 6) is 0.926. The van der Waals surface area contributed by atoms with E-state index in [2.05, 4.69) is 42.6 Å². The molecule has 0 unspecified atom stereocenters. The summed E-state index contributed by atoms with van der Waals surface area (Å²) in [6, 6.07) is 14.9. The standard InChI is InChI=1S/C17H21NO/c1-4-19-16-9-7-15(8-10-16)17-11-14(12-18-3)6-5-13(17)2/h5-11,18H,4,12H2,1-3H3. The first-order chi connectivity index (χ1) is 9.24. The number of benzene rings is 2. The third-order valence-electron chi connectivity index (χ3n) is 3.16. The zero-order valence-electron chi connectivity index (χ0n) is 11.9. The first-order valence-electron chi connectivity index (χ1n) is 6.72. The van der Waals surface area contributed by atoms with Crippen LogP contribution in [0.25, 0.3) is 11.1 Å². The number of hydrogen-bond acceptors (Lipinski definition) is 2. The summed E-state index contributed by atoms with van der Waals surface area (Å²) in [5, 5.41) is 3.19. The van der Waals surface area contributed by atoms with Gasteiger partial charge in [0.2, 0.25) is 0 Å². The smallest absolute Gasteiger partial charge is 0.119 e. The third-order valence-corrected chi connectivity index (χ3v) is 3.16. The van der Waals surface area contributed by atoms with Crippen molar-refractivity contribution in [2.24, 2.45) is 0 Å². The topological polar surface area (TPSA) is 21.3 Å². The Morgan fingerprint density at radius 2 is 1.79 bits per heavy atom. The maximum Gasteiger partial charge on any atom is 0.119 e. The van der Waals surface area contributed by atoms with E-state index in [0.29, 0.717) is 6.61 Å². The molecule has 0 heterocycles. The molecule has 0 saturated heterocycles. The van der Waals surface area contributed by atoms with Crippen molar-refractivity contribution >= 4 is 0 Å². The van der Waals surface area contributed by atoms with Gasteiger partial charge in [0.1, 0.15) is 5.75 Å². The number of hydrogen-bond donors (Lipinski definition) is 1. The Kier molecular flexibility index (Phi) is 4.58. The summed E-state index contributed by atoms with van der Waals surface area (Å²) in [6.45, 7) is 5.74. The van der Waals surface area contributed by atoms with E-state index in [4.69, 9.17) is 4.74 Å². The summed E-state index contributed by atoms with van der Waals surface area (Å²) in [6.07, 6.45) is 0. The Morgan fingerprint density at radius 3 is 2.42 bits per heavy atom. The van der Waals surface area contributed by atoms with E-state index in [1.807, 2.05) is 26.1 Å². The molecule has 2 nitrogen and oxygen atoms in total. The van der Waals surface area contributed by atoms with Gasteiger partial charge in [0.05, 0.1) is 6.61 Å². The van der Waals surface area contributed by atoms with Crippen LogP contribution in [-0.4, -0.2) is 13.7 Å². The van der Waals surface area contributed by atoms with Crippen molar-refractivity contribution in [1.82, 2.24) is 5.32 Å². The maximum absolute atomic E-state index is 5.48. The fraction of sp³-hybridized carbons (Fsp3) is 0.294. The molecule has 0 aromatic heterocycles. The van der Waals surface area contributed by atoms with Crippen LogP contribution < -0.4 is 10.1 Å². The Hall–Kier alpha value is -1.80. The van der Waals surface area contributed by atoms with E-state index in [1.54, 1.807) is 0 Å². The highest BCUT2D eigenvalue weighted by atomic mass is 16.5. The second-order valence-corrected chi connectivity index (χ2v) is 4.64. The largest absolute Gasteiger partial charge is 0.494 e. The van der Waals surface area contributed by atoms with Gasteiger partial charge >= 0.3 is 0 Å². The fourth-order valence-corrected chi connectivity index (χ4v) is 2.19. The molecule has 2 heteroatoms. The summed E-state index contributed by atoms with van der Waals surface area (Å²) in [4.78, 5) is 0. The molecule has 0 atom stereocenters. The zero-order chi connectivity index (χ0) is 13.7. The summed E-state index contributed by atoms with van der Waals surface area (Å²) < 4.78 is 5.48. The highest BCUT2D eigenvalue weighted by molar-refractivity contribution is 5.68. The minimum absolute atomic E-state index is 0.704. The highest BCUT2D eigenvalue weighted by Crippen LogP contribution is 2.26. The SMILES string of the molecule is CCOc1ccc(-c2cc(CNC)ccc2C)cc1. The van der Waals surface area contributed by atoms with Crippen LogP contribution >= 0.6 is 0 Å². The lowest BCUT2D eigenvalue weighted by Gasteiger charge is -2.10. The first-order valence-corrected chi connectivity index (χ1v) is 6.72. The van der Waals surface area contributed by atoms with Crippen LogP contribution in [0.5, 0.6) is 5.75 Å². The van der Waals surface area contributed by atoms with Gasteiger partial charge in [0, 0.05) is 6.54 Å². The summed E-state index contributed by atoms with van der Waals surface area (Å²) >= 11 is 0. The van der Waals surface area contributed by atoms with Crippen LogP contribution in [0.3, 0.4) is 0 Å². The van der Waals surface area contributed by atoms with Gasteiger partial charge in [-0.1, -0.05) is 24.3 Å². The molecule has 0 saturated carbocycles. The number of aryl methyl sites for hydroxylation is 1. The van der Waals surface area contributed by atoms with Crippen LogP contribution in [0.15, 0.2) is 42.5 Å². The second kappa shape index (κ2) is 6.39. The van der Waals surface area contributed by atoms with Crippen LogP contribution in [0.1, 0.15) is 18.1 Å². The lowest BCUT2D eigenvalue weighted by Crippen LogP contribution is -2.05. The molecule has 0 radical (unpaired) electrons. The molecule has 0 fully saturated rings. The van der Waals surface area contributed by atoms with Crippen molar-refractivity contribution in [3.8, 4) is 16.9 Å². The first kappa shape index (κ1) is 13.6. The fourth-order valence-electron chi connectivity index (χ4n) is 2.19. The van der Waals surface area contributed by atoms with Crippen molar-refractivity contribution in [1.29, 1.82) is 0 Å². The molecule has 0 aliphatic carbocycles. The van der Waals surface area contributed by atoms with Crippen molar-refractivity contribution < 1.29 is 4.74 Å². The number of nitrogens with one attached hydrogen (secondary N) is 1. The predicted octanol–water partition coefficient (Wildman–Crippen LogP) is 3.78. The van der Waals surface area contributed by atoms with Gasteiger partial charge in [-0.05, 0) is 61.3 Å². The van der Waals surface area contributed by atoms with Gasteiger partial charge in [-0.3, -0.25) is 0 Å². The van der Waals surface area contributed by atoms with E-state index < -0.39 is 0 Å². The van der Waals surface area contributed by atoms with Crippen molar-refractivity contribution in [3.63, 3.8) is 0 Å². The molecule has 2 aromatic carbocycles. The van der Waals surface area contributed by atoms with E-state index >= 15 is 0 Å². The average Bonchev–Trinajstić information content (AvgIpc) is 2.43. The Labute approximate surface area is 115 Å².